The number of esters is 1. The summed E-state index contributed by atoms with van der Waals surface area (Å²) < 4.78 is 11.8. The molecule has 50 heavy (non-hydrogen) atoms. The fourth-order valence-electron chi connectivity index (χ4n) is 12.3. The average molecular weight is 679 g/mol. The molecule has 11 rings (SSSR count). The number of ether oxygens (including phenoxy) is 1. The molecule has 3 N–H and O–H groups in total. The molecule has 8 aliphatic carbocycles. The van der Waals surface area contributed by atoms with Gasteiger partial charge in [0.25, 0.3) is 11.5 Å². The Balaban J connectivity index is 0.897. The van der Waals surface area contributed by atoms with Crippen LogP contribution in [-0.4, -0.2) is 46.9 Å². The number of amides is 3. The number of nitrogens with zero attached hydrogens (tertiary/aromatic N) is 1. The molecule has 11 nitrogen and oxygen atoms in total. The number of methoxy groups -OCH3 is 1. The standard InChI is InChI=1S/C39H42N4O7/c1-19-21-8-3-5-11-28(21)50-35(19)37(47)40-26(9-4-6-12-30(45)49-2)36(46)41-27-10-7-13-43(38(27)48)18-29(44)42-39-16-24-22-14-20-15-23-25(17-39)32(24)31(20)33(22)34(23)39/h3,5-8,10-13,20,22-26,31-34H,4,9,14-18H2,1-2H3,(H,40,47)(H,41,46)(H,42,44)/b12-6+/t20?,22?,23?,24-,25?,26-,31?,32?,33?,34-,39+/m0/s1. The van der Waals surface area contributed by atoms with E-state index in [4.69, 9.17) is 4.42 Å². The number of carbonyl (C=O) groups excluding carboxylic acids is 4. The van der Waals surface area contributed by atoms with Gasteiger partial charge in [0.05, 0.1) is 7.11 Å². The smallest absolute Gasteiger partial charge is 0.330 e. The predicted molar refractivity (Wildman–Crippen MR) is 183 cm³/mol. The Hall–Kier alpha value is -4.67. The summed E-state index contributed by atoms with van der Waals surface area (Å²) in [7, 11) is 1.27. The van der Waals surface area contributed by atoms with Crippen molar-refractivity contribution in [3.8, 4) is 0 Å². The summed E-state index contributed by atoms with van der Waals surface area (Å²) in [6, 6.07) is 9.32. The maximum atomic E-state index is 13.7. The minimum Gasteiger partial charge on any atom is -0.466 e. The lowest BCUT2D eigenvalue weighted by Gasteiger charge is -2.50. The van der Waals surface area contributed by atoms with Gasteiger partial charge in [-0.2, -0.15) is 0 Å². The van der Waals surface area contributed by atoms with Crippen LogP contribution in [0.15, 0.2) is 64.0 Å². The predicted octanol–water partition coefficient (Wildman–Crippen LogP) is 4.19. The molecule has 2 heterocycles. The highest BCUT2D eigenvalue weighted by Crippen LogP contribution is 2.83. The highest BCUT2D eigenvalue weighted by molar-refractivity contribution is 6.03. The van der Waals surface area contributed by atoms with Gasteiger partial charge in [0, 0.05) is 28.8 Å². The lowest BCUT2D eigenvalue weighted by atomic mass is 9.54. The van der Waals surface area contributed by atoms with Crippen molar-refractivity contribution >= 4 is 40.3 Å². The van der Waals surface area contributed by atoms with Crippen molar-refractivity contribution in [1.82, 2.24) is 15.2 Å². The first-order chi connectivity index (χ1) is 24.2. The van der Waals surface area contributed by atoms with Crippen LogP contribution in [0.3, 0.4) is 0 Å². The Kier molecular flexibility index (Phi) is 7.16. The Morgan fingerprint density at radius 1 is 1.02 bits per heavy atom. The van der Waals surface area contributed by atoms with Crippen LogP contribution in [0.25, 0.3) is 11.0 Å². The molecule has 11 heteroatoms. The van der Waals surface area contributed by atoms with Gasteiger partial charge >= 0.3 is 5.97 Å². The third kappa shape index (κ3) is 4.57. The normalized spacial score (nSPS) is 33.8. The van der Waals surface area contributed by atoms with Crippen LogP contribution in [0.4, 0.5) is 5.69 Å². The number of aryl methyl sites for hydroxylation is 1. The first-order valence-corrected chi connectivity index (χ1v) is 18.0. The molecule has 10 bridgehead atoms. The molecule has 8 saturated carbocycles. The molecule has 0 radical (unpaired) electrons. The van der Waals surface area contributed by atoms with Crippen molar-refractivity contribution in [3.05, 3.63) is 76.4 Å². The minimum absolute atomic E-state index is 0.00305. The number of furan rings is 1. The number of anilines is 1. The highest BCUT2D eigenvalue weighted by atomic mass is 16.5. The first kappa shape index (κ1) is 31.3. The van der Waals surface area contributed by atoms with Gasteiger partial charge in [-0.3, -0.25) is 19.2 Å². The van der Waals surface area contributed by atoms with E-state index in [0.29, 0.717) is 17.1 Å². The summed E-state index contributed by atoms with van der Waals surface area (Å²) in [5.41, 5.74) is 0.550. The Morgan fingerprint density at radius 2 is 1.80 bits per heavy atom. The second-order valence-corrected chi connectivity index (χ2v) is 15.7. The number of para-hydroxylation sites is 1. The second-order valence-electron chi connectivity index (χ2n) is 15.7. The maximum Gasteiger partial charge on any atom is 0.330 e. The molecule has 2 aromatic heterocycles. The van der Waals surface area contributed by atoms with Gasteiger partial charge in [0.1, 0.15) is 23.9 Å². The summed E-state index contributed by atoms with van der Waals surface area (Å²) in [6.45, 7) is 1.64. The number of allylic oxidation sites excluding steroid dienone is 1. The van der Waals surface area contributed by atoms with Crippen LogP contribution < -0.4 is 21.5 Å². The fourth-order valence-corrected chi connectivity index (χ4v) is 12.3. The molecule has 11 atom stereocenters. The maximum absolute atomic E-state index is 13.7. The third-order valence-electron chi connectivity index (χ3n) is 13.6. The van der Waals surface area contributed by atoms with E-state index in [9.17, 15) is 24.0 Å². The van der Waals surface area contributed by atoms with Gasteiger partial charge in [-0.25, -0.2) is 4.79 Å². The number of aromatic nitrogens is 1. The quantitative estimate of drug-likeness (QED) is 0.204. The van der Waals surface area contributed by atoms with Crippen molar-refractivity contribution in [3.63, 3.8) is 0 Å². The lowest BCUT2D eigenvalue weighted by Crippen LogP contribution is -2.59. The lowest BCUT2D eigenvalue weighted by molar-refractivity contribution is -0.134. The molecule has 0 aliphatic heterocycles. The van der Waals surface area contributed by atoms with E-state index < -0.39 is 29.4 Å². The van der Waals surface area contributed by atoms with E-state index >= 15 is 0 Å². The van der Waals surface area contributed by atoms with Crippen LogP contribution in [0.5, 0.6) is 0 Å². The first-order valence-electron chi connectivity index (χ1n) is 18.0. The number of carbonyl (C=O) groups is 4. The average Bonchev–Trinajstić information content (AvgIpc) is 3.74. The monoisotopic (exact) mass is 678 g/mol. The van der Waals surface area contributed by atoms with Gasteiger partial charge in [0.2, 0.25) is 11.8 Å². The SMILES string of the molecule is COC(=O)/C=C/CC[C@H](NC(=O)c1oc2ccccc2c1C)C(=O)Nc1cccn(CC(=O)N[C@]23CC4C5C6C7CC(C6[C@@H]2C4C7)[C@@H]5C3)c1=O. The zero-order chi connectivity index (χ0) is 34.5. The van der Waals surface area contributed by atoms with Crippen molar-refractivity contribution < 1.29 is 28.3 Å². The van der Waals surface area contributed by atoms with Gasteiger partial charge in [-0.15, -0.1) is 0 Å². The summed E-state index contributed by atoms with van der Waals surface area (Å²) >= 11 is 0. The zero-order valence-corrected chi connectivity index (χ0v) is 28.2. The van der Waals surface area contributed by atoms with E-state index in [1.807, 2.05) is 18.2 Å². The molecule has 7 unspecified atom stereocenters. The van der Waals surface area contributed by atoms with Crippen LogP contribution in [0.1, 0.15) is 54.6 Å². The van der Waals surface area contributed by atoms with E-state index in [2.05, 4.69) is 20.7 Å². The fraction of sp³-hybridized carbons (Fsp3) is 0.513. The van der Waals surface area contributed by atoms with Gasteiger partial charge < -0.3 is 29.7 Å². The molecular weight excluding hydrogens is 636 g/mol. The highest BCUT2D eigenvalue weighted by Gasteiger charge is 2.81. The van der Waals surface area contributed by atoms with Gasteiger partial charge in [0.15, 0.2) is 5.76 Å². The zero-order valence-electron chi connectivity index (χ0n) is 28.2. The summed E-state index contributed by atoms with van der Waals surface area (Å²) in [5.74, 6) is 5.37. The topological polar surface area (TPSA) is 149 Å². The van der Waals surface area contributed by atoms with Crippen molar-refractivity contribution in [2.24, 2.45) is 53.3 Å². The number of benzene rings is 1. The third-order valence-corrected chi connectivity index (χ3v) is 13.6. The van der Waals surface area contributed by atoms with E-state index in [1.165, 1.54) is 36.7 Å². The van der Waals surface area contributed by atoms with Crippen LogP contribution in [0, 0.1) is 60.2 Å². The van der Waals surface area contributed by atoms with Crippen LogP contribution in [0.2, 0.25) is 0 Å². The molecule has 8 fully saturated rings. The molecule has 0 saturated heterocycles. The van der Waals surface area contributed by atoms with Crippen LogP contribution >= 0.6 is 0 Å². The number of pyridine rings is 1. The van der Waals surface area contributed by atoms with Crippen molar-refractivity contribution in [1.29, 1.82) is 0 Å². The minimum atomic E-state index is -1.07. The Bertz CT molecular complexity index is 2030. The largest absolute Gasteiger partial charge is 0.466 e. The number of hydrogen-bond acceptors (Lipinski definition) is 7. The number of fused-ring (bicyclic) bond motifs is 1. The Morgan fingerprint density at radius 3 is 2.60 bits per heavy atom. The molecule has 3 amide bonds. The molecule has 8 aliphatic rings. The molecular formula is C39H42N4O7. The summed E-state index contributed by atoms with van der Waals surface area (Å²) in [4.78, 5) is 65.9. The number of nitrogens with one attached hydrogen (secondary N) is 3. The summed E-state index contributed by atoms with van der Waals surface area (Å²) in [6.07, 6.45) is 9.69. The van der Waals surface area contributed by atoms with E-state index in [0.717, 1.165) is 65.6 Å². The summed E-state index contributed by atoms with van der Waals surface area (Å²) in [5, 5.41) is 9.73. The van der Waals surface area contributed by atoms with Crippen LogP contribution in [-0.2, 0) is 25.7 Å². The van der Waals surface area contributed by atoms with E-state index in [1.54, 1.807) is 31.3 Å². The van der Waals surface area contributed by atoms with Crippen molar-refractivity contribution in [2.75, 3.05) is 12.4 Å². The second kappa shape index (κ2) is 11.4. The van der Waals surface area contributed by atoms with Gasteiger partial charge in [-0.05, 0) is 117 Å². The van der Waals surface area contributed by atoms with Crippen molar-refractivity contribution in [2.45, 2.75) is 63.6 Å². The molecule has 0 spiro atoms. The molecule has 1 aromatic carbocycles. The molecule has 3 aromatic rings. The van der Waals surface area contributed by atoms with Gasteiger partial charge in [-0.1, -0.05) is 24.3 Å². The number of rotatable bonds is 11. The molecule has 260 valence electrons. The number of hydrogen-bond donors (Lipinski definition) is 3. The Labute approximate surface area is 289 Å². The van der Waals surface area contributed by atoms with E-state index in [-0.39, 0.29) is 42.3 Å².